The molecule has 0 aliphatic carbocycles. The van der Waals surface area contributed by atoms with Crippen LogP contribution in [-0.2, 0) is 0 Å². The van der Waals surface area contributed by atoms with E-state index in [1.54, 1.807) is 6.20 Å². The van der Waals surface area contributed by atoms with Crippen LogP contribution in [-0.4, -0.2) is 16.5 Å². The maximum Gasteiger partial charge on any atom is 0.298 e. The molecule has 5 nitrogen and oxygen atoms in total. The monoisotopic (exact) mass is 280 g/mol. The fraction of sp³-hybridized carbons (Fsp3) is 0.250. The lowest BCUT2D eigenvalue weighted by Gasteiger charge is -2.22. The number of fused-ring (bicyclic) bond motifs is 1. The van der Waals surface area contributed by atoms with Crippen molar-refractivity contribution in [3.05, 3.63) is 48.3 Å². The molecule has 21 heavy (non-hydrogen) atoms. The van der Waals surface area contributed by atoms with Crippen LogP contribution in [0.2, 0.25) is 0 Å². The molecular formula is C16H16N4O. The van der Waals surface area contributed by atoms with E-state index in [9.17, 15) is 0 Å². The van der Waals surface area contributed by atoms with Gasteiger partial charge in [-0.2, -0.15) is 4.98 Å². The lowest BCUT2D eigenvalue weighted by atomic mass is 10.1. The molecule has 0 saturated carbocycles. The van der Waals surface area contributed by atoms with Gasteiger partial charge in [-0.25, -0.2) is 0 Å². The van der Waals surface area contributed by atoms with Crippen LogP contribution in [0.5, 0.6) is 0 Å². The van der Waals surface area contributed by atoms with Crippen molar-refractivity contribution in [1.29, 1.82) is 0 Å². The number of rotatable bonds is 2. The molecule has 2 aromatic heterocycles. The summed E-state index contributed by atoms with van der Waals surface area (Å²) in [5.41, 5.74) is 9.29. The smallest absolute Gasteiger partial charge is 0.298 e. The van der Waals surface area contributed by atoms with E-state index < -0.39 is 0 Å². The molecule has 0 radical (unpaired) electrons. The van der Waals surface area contributed by atoms with Crippen molar-refractivity contribution in [2.45, 2.75) is 18.9 Å². The third-order valence-electron chi connectivity index (χ3n) is 4.01. The van der Waals surface area contributed by atoms with Crippen LogP contribution in [0.25, 0.3) is 11.1 Å². The Bertz CT molecular complexity index is 768. The first-order chi connectivity index (χ1) is 10.3. The van der Waals surface area contributed by atoms with Gasteiger partial charge in [0.05, 0.1) is 11.7 Å². The molecular weight excluding hydrogens is 264 g/mol. The summed E-state index contributed by atoms with van der Waals surface area (Å²) in [6.07, 6.45) is 5.91. The molecule has 4 rings (SSSR count). The second kappa shape index (κ2) is 4.77. The van der Waals surface area contributed by atoms with Gasteiger partial charge < -0.3 is 15.1 Å². The molecule has 1 aromatic carbocycles. The summed E-state index contributed by atoms with van der Waals surface area (Å²) < 4.78 is 5.90. The predicted octanol–water partition coefficient (Wildman–Crippen LogP) is 3.15. The van der Waals surface area contributed by atoms with Gasteiger partial charge in [-0.3, -0.25) is 4.98 Å². The van der Waals surface area contributed by atoms with Crippen LogP contribution in [0.3, 0.4) is 0 Å². The molecule has 1 aliphatic heterocycles. The average molecular weight is 280 g/mol. The first kappa shape index (κ1) is 12.2. The standard InChI is InChI=1S/C16H16N4O/c17-12-5-1-7-14-15(12)19-16(21-14)20-9-3-6-13(20)11-4-2-8-18-10-11/h1-2,4-5,7-8,10,13H,3,6,9,17H2. The number of hydrogen-bond acceptors (Lipinski definition) is 5. The van der Waals surface area contributed by atoms with Gasteiger partial charge in [0.25, 0.3) is 6.01 Å². The number of para-hydroxylation sites is 1. The van der Waals surface area contributed by atoms with E-state index in [2.05, 4.69) is 20.9 Å². The van der Waals surface area contributed by atoms with E-state index in [-0.39, 0.29) is 6.04 Å². The van der Waals surface area contributed by atoms with Gasteiger partial charge in [0, 0.05) is 18.9 Å². The van der Waals surface area contributed by atoms with Crippen LogP contribution >= 0.6 is 0 Å². The van der Waals surface area contributed by atoms with Crippen molar-refractivity contribution in [3.63, 3.8) is 0 Å². The van der Waals surface area contributed by atoms with Crippen molar-refractivity contribution in [2.24, 2.45) is 0 Å². The number of nitrogens with zero attached hydrogens (tertiary/aromatic N) is 3. The number of oxazole rings is 1. The Hall–Kier alpha value is -2.56. The van der Waals surface area contributed by atoms with Crippen LogP contribution < -0.4 is 10.6 Å². The Morgan fingerprint density at radius 2 is 2.19 bits per heavy atom. The van der Waals surface area contributed by atoms with Crippen molar-refractivity contribution >= 4 is 22.8 Å². The van der Waals surface area contributed by atoms with E-state index in [1.807, 2.05) is 30.5 Å². The highest BCUT2D eigenvalue weighted by atomic mass is 16.4. The van der Waals surface area contributed by atoms with E-state index in [0.717, 1.165) is 30.5 Å². The first-order valence-electron chi connectivity index (χ1n) is 7.14. The molecule has 0 amide bonds. The van der Waals surface area contributed by atoms with Crippen LogP contribution in [0.1, 0.15) is 24.4 Å². The molecule has 1 atom stereocenters. The van der Waals surface area contributed by atoms with E-state index in [4.69, 9.17) is 10.2 Å². The molecule has 1 fully saturated rings. The first-order valence-corrected chi connectivity index (χ1v) is 7.14. The summed E-state index contributed by atoms with van der Waals surface area (Å²) in [7, 11) is 0. The van der Waals surface area contributed by atoms with Gasteiger partial charge in [0.2, 0.25) is 0 Å². The van der Waals surface area contributed by atoms with Gasteiger partial charge in [0.1, 0.15) is 5.52 Å². The summed E-state index contributed by atoms with van der Waals surface area (Å²) in [4.78, 5) is 11.0. The largest absolute Gasteiger partial charge is 0.423 e. The number of pyridine rings is 1. The van der Waals surface area contributed by atoms with E-state index >= 15 is 0 Å². The quantitative estimate of drug-likeness (QED) is 0.730. The third-order valence-corrected chi connectivity index (χ3v) is 4.01. The highest BCUT2D eigenvalue weighted by Gasteiger charge is 2.29. The molecule has 106 valence electrons. The summed E-state index contributed by atoms with van der Waals surface area (Å²) in [5.74, 6) is 0. The number of hydrogen-bond donors (Lipinski definition) is 1. The van der Waals surface area contributed by atoms with Gasteiger partial charge in [0.15, 0.2) is 5.58 Å². The minimum absolute atomic E-state index is 0.271. The zero-order chi connectivity index (χ0) is 14.2. The fourth-order valence-corrected chi connectivity index (χ4v) is 3.00. The number of nitrogen functional groups attached to an aromatic ring is 1. The third kappa shape index (κ3) is 2.01. The predicted molar refractivity (Wildman–Crippen MR) is 82.0 cm³/mol. The minimum atomic E-state index is 0.271. The van der Waals surface area contributed by atoms with Crippen molar-refractivity contribution in [2.75, 3.05) is 17.2 Å². The molecule has 0 bridgehead atoms. The number of nitrogens with two attached hydrogens (primary N) is 1. The summed E-state index contributed by atoms with van der Waals surface area (Å²) in [6, 6.07) is 10.6. The molecule has 0 spiro atoms. The minimum Gasteiger partial charge on any atom is -0.423 e. The Morgan fingerprint density at radius 1 is 1.24 bits per heavy atom. The average Bonchev–Trinajstić information content (AvgIpc) is 3.15. The molecule has 1 saturated heterocycles. The fourth-order valence-electron chi connectivity index (χ4n) is 3.00. The lowest BCUT2D eigenvalue weighted by molar-refractivity contribution is 0.556. The second-order valence-corrected chi connectivity index (χ2v) is 5.33. The molecule has 1 unspecified atom stereocenters. The topological polar surface area (TPSA) is 68.2 Å². The number of aromatic nitrogens is 2. The molecule has 5 heteroatoms. The Labute approximate surface area is 122 Å². The normalized spacial score (nSPS) is 18.5. The van der Waals surface area contributed by atoms with E-state index in [0.29, 0.717) is 11.7 Å². The summed E-state index contributed by atoms with van der Waals surface area (Å²) in [6.45, 7) is 0.937. The Morgan fingerprint density at radius 3 is 3.00 bits per heavy atom. The summed E-state index contributed by atoms with van der Waals surface area (Å²) >= 11 is 0. The Kier molecular flexibility index (Phi) is 2.77. The van der Waals surface area contributed by atoms with Crippen LogP contribution in [0.4, 0.5) is 11.7 Å². The SMILES string of the molecule is Nc1cccc2oc(N3CCCC3c3cccnc3)nc12. The lowest BCUT2D eigenvalue weighted by Crippen LogP contribution is -2.22. The van der Waals surface area contributed by atoms with Crippen LogP contribution in [0, 0.1) is 0 Å². The maximum atomic E-state index is 5.96. The highest BCUT2D eigenvalue weighted by Crippen LogP contribution is 2.37. The summed E-state index contributed by atoms with van der Waals surface area (Å²) in [5, 5.41) is 0. The van der Waals surface area contributed by atoms with Gasteiger partial charge in [-0.1, -0.05) is 12.1 Å². The highest BCUT2D eigenvalue weighted by molar-refractivity contribution is 5.86. The zero-order valence-corrected chi connectivity index (χ0v) is 11.6. The molecule has 2 N–H and O–H groups in total. The number of benzene rings is 1. The van der Waals surface area contributed by atoms with Crippen LogP contribution in [0.15, 0.2) is 47.1 Å². The van der Waals surface area contributed by atoms with Crippen molar-refractivity contribution in [1.82, 2.24) is 9.97 Å². The van der Waals surface area contributed by atoms with Crippen molar-refractivity contribution in [3.8, 4) is 0 Å². The van der Waals surface area contributed by atoms with E-state index in [1.165, 1.54) is 5.56 Å². The van der Waals surface area contributed by atoms with Gasteiger partial charge in [-0.15, -0.1) is 0 Å². The second-order valence-electron chi connectivity index (χ2n) is 5.33. The molecule has 3 aromatic rings. The maximum absolute atomic E-state index is 5.96. The Balaban J connectivity index is 1.75. The molecule has 3 heterocycles. The van der Waals surface area contributed by atoms with Gasteiger partial charge in [-0.05, 0) is 36.6 Å². The zero-order valence-electron chi connectivity index (χ0n) is 11.6. The van der Waals surface area contributed by atoms with Gasteiger partial charge >= 0.3 is 0 Å². The number of anilines is 2. The molecule has 1 aliphatic rings. The van der Waals surface area contributed by atoms with Crippen molar-refractivity contribution < 1.29 is 4.42 Å².